The van der Waals surface area contributed by atoms with Crippen LogP contribution in [0.15, 0.2) is 0 Å². The molecule has 3 unspecified atom stereocenters. The Morgan fingerprint density at radius 2 is 1.25 bits per heavy atom. The maximum Gasteiger partial charge on any atom is 0.00390 e. The molecule has 142 valence electrons. The van der Waals surface area contributed by atoms with E-state index in [4.69, 9.17) is 17.2 Å². The minimum atomic E-state index is 0.328. The summed E-state index contributed by atoms with van der Waals surface area (Å²) in [6, 6.07) is 1.25. The molecule has 0 aliphatic heterocycles. The molecule has 2 aliphatic carbocycles. The second kappa shape index (κ2) is 10.1. The zero-order chi connectivity index (χ0) is 17.5. The number of nitrogens with two attached hydrogens (primary N) is 3. The van der Waals surface area contributed by atoms with Crippen LogP contribution >= 0.6 is 0 Å². The lowest BCUT2D eigenvalue weighted by Crippen LogP contribution is -2.33. The minimum absolute atomic E-state index is 0.328. The van der Waals surface area contributed by atoms with Crippen LogP contribution in [0.25, 0.3) is 0 Å². The van der Waals surface area contributed by atoms with Crippen LogP contribution in [-0.4, -0.2) is 18.1 Å². The lowest BCUT2D eigenvalue weighted by atomic mass is 9.73. The Morgan fingerprint density at radius 1 is 0.792 bits per heavy atom. The van der Waals surface area contributed by atoms with Crippen LogP contribution < -0.4 is 17.2 Å². The van der Waals surface area contributed by atoms with Crippen molar-refractivity contribution in [3.05, 3.63) is 0 Å². The molecule has 0 aromatic rings. The van der Waals surface area contributed by atoms with Crippen LogP contribution in [0.5, 0.6) is 0 Å². The molecule has 3 heteroatoms. The Labute approximate surface area is 150 Å². The molecule has 3 atom stereocenters. The Kier molecular flexibility index (Phi) is 8.53. The summed E-state index contributed by atoms with van der Waals surface area (Å²) in [7, 11) is 0. The highest BCUT2D eigenvalue weighted by Crippen LogP contribution is 2.36. The van der Waals surface area contributed by atoms with Crippen molar-refractivity contribution in [2.24, 2.45) is 40.9 Å². The molecule has 0 spiro atoms. The van der Waals surface area contributed by atoms with Gasteiger partial charge in [-0.2, -0.15) is 0 Å². The normalized spacial score (nSPS) is 35.4. The third-order valence-electron chi connectivity index (χ3n) is 7.04. The van der Waals surface area contributed by atoms with Crippen LogP contribution in [0, 0.1) is 23.7 Å². The second-order valence-corrected chi connectivity index (χ2v) is 9.16. The van der Waals surface area contributed by atoms with E-state index in [9.17, 15) is 0 Å². The SMILES string of the molecule is CCC(CC1CCC(N)CC1)CC(CC1CCC(N)CC1)C(C)N. The molecule has 0 aromatic carbocycles. The summed E-state index contributed by atoms with van der Waals surface area (Å²) in [6.07, 6.45) is 15.6. The van der Waals surface area contributed by atoms with Gasteiger partial charge in [0.1, 0.15) is 0 Å². The predicted molar refractivity (Wildman–Crippen MR) is 105 cm³/mol. The molecule has 3 nitrogen and oxygen atoms in total. The van der Waals surface area contributed by atoms with Crippen molar-refractivity contribution in [2.75, 3.05) is 0 Å². The van der Waals surface area contributed by atoms with Crippen molar-refractivity contribution < 1.29 is 0 Å². The summed E-state index contributed by atoms with van der Waals surface area (Å²) in [6.45, 7) is 4.60. The van der Waals surface area contributed by atoms with Gasteiger partial charge in [0.15, 0.2) is 0 Å². The average molecular weight is 338 g/mol. The zero-order valence-electron chi connectivity index (χ0n) is 16.3. The Bertz CT molecular complexity index is 328. The van der Waals surface area contributed by atoms with Gasteiger partial charge in [-0.05, 0) is 101 Å². The van der Waals surface area contributed by atoms with E-state index >= 15 is 0 Å². The molecule has 0 bridgehead atoms. The van der Waals surface area contributed by atoms with Crippen molar-refractivity contribution in [2.45, 2.75) is 109 Å². The largest absolute Gasteiger partial charge is 0.328 e. The molecular formula is C21H43N3. The van der Waals surface area contributed by atoms with Gasteiger partial charge in [-0.15, -0.1) is 0 Å². The van der Waals surface area contributed by atoms with Gasteiger partial charge in [0.2, 0.25) is 0 Å². The van der Waals surface area contributed by atoms with E-state index in [0.29, 0.717) is 24.0 Å². The fourth-order valence-corrected chi connectivity index (χ4v) is 5.13. The second-order valence-electron chi connectivity index (χ2n) is 9.16. The van der Waals surface area contributed by atoms with Crippen LogP contribution in [0.3, 0.4) is 0 Å². The van der Waals surface area contributed by atoms with Gasteiger partial charge in [-0.3, -0.25) is 0 Å². The van der Waals surface area contributed by atoms with E-state index < -0.39 is 0 Å². The van der Waals surface area contributed by atoms with Crippen molar-refractivity contribution >= 4 is 0 Å². The maximum atomic E-state index is 6.39. The first-order valence-electron chi connectivity index (χ1n) is 10.7. The summed E-state index contributed by atoms with van der Waals surface area (Å²) in [5.74, 6) is 3.33. The van der Waals surface area contributed by atoms with Crippen molar-refractivity contribution in [1.29, 1.82) is 0 Å². The molecule has 0 aromatic heterocycles. The van der Waals surface area contributed by atoms with Crippen LogP contribution in [0.4, 0.5) is 0 Å². The van der Waals surface area contributed by atoms with Gasteiger partial charge in [0.05, 0.1) is 0 Å². The molecule has 2 saturated carbocycles. The van der Waals surface area contributed by atoms with Crippen molar-refractivity contribution in [3.8, 4) is 0 Å². The van der Waals surface area contributed by atoms with E-state index in [-0.39, 0.29) is 0 Å². The molecule has 6 N–H and O–H groups in total. The third kappa shape index (κ3) is 6.65. The molecule has 0 radical (unpaired) electrons. The molecule has 0 heterocycles. The van der Waals surface area contributed by atoms with Crippen LogP contribution in [0.1, 0.15) is 90.9 Å². The zero-order valence-corrected chi connectivity index (χ0v) is 16.3. The van der Waals surface area contributed by atoms with Gasteiger partial charge in [-0.1, -0.05) is 13.3 Å². The number of rotatable bonds is 8. The van der Waals surface area contributed by atoms with Gasteiger partial charge in [-0.25, -0.2) is 0 Å². The first-order chi connectivity index (χ1) is 11.5. The fraction of sp³-hybridized carbons (Fsp3) is 1.00. The highest BCUT2D eigenvalue weighted by molar-refractivity contribution is 4.82. The Morgan fingerprint density at radius 3 is 1.67 bits per heavy atom. The quantitative estimate of drug-likeness (QED) is 0.621. The summed E-state index contributed by atoms with van der Waals surface area (Å²) >= 11 is 0. The monoisotopic (exact) mass is 337 g/mol. The highest BCUT2D eigenvalue weighted by atomic mass is 14.7. The molecule has 2 fully saturated rings. The van der Waals surface area contributed by atoms with Gasteiger partial charge in [0.25, 0.3) is 0 Å². The Balaban J connectivity index is 1.80. The lowest BCUT2D eigenvalue weighted by molar-refractivity contribution is 0.196. The highest BCUT2D eigenvalue weighted by Gasteiger charge is 2.27. The fourth-order valence-electron chi connectivity index (χ4n) is 5.13. The molecule has 2 rings (SSSR count). The van der Waals surface area contributed by atoms with Gasteiger partial charge >= 0.3 is 0 Å². The van der Waals surface area contributed by atoms with E-state index in [0.717, 1.165) is 17.8 Å². The minimum Gasteiger partial charge on any atom is -0.328 e. The number of hydrogen-bond donors (Lipinski definition) is 3. The van der Waals surface area contributed by atoms with E-state index in [1.165, 1.54) is 77.0 Å². The topological polar surface area (TPSA) is 78.1 Å². The van der Waals surface area contributed by atoms with Crippen molar-refractivity contribution in [3.63, 3.8) is 0 Å². The van der Waals surface area contributed by atoms with Crippen LogP contribution in [-0.2, 0) is 0 Å². The van der Waals surface area contributed by atoms with E-state index in [1.807, 2.05) is 0 Å². The van der Waals surface area contributed by atoms with Crippen LogP contribution in [0.2, 0.25) is 0 Å². The van der Waals surface area contributed by atoms with Crippen molar-refractivity contribution in [1.82, 2.24) is 0 Å². The smallest absolute Gasteiger partial charge is 0.00390 e. The summed E-state index contributed by atoms with van der Waals surface area (Å²) < 4.78 is 0. The lowest BCUT2D eigenvalue weighted by Gasteiger charge is -2.34. The number of hydrogen-bond acceptors (Lipinski definition) is 3. The Hall–Kier alpha value is -0.120. The average Bonchev–Trinajstić information content (AvgIpc) is 2.57. The predicted octanol–water partition coefficient (Wildman–Crippen LogP) is 4.18. The summed E-state index contributed by atoms with van der Waals surface area (Å²) in [5.41, 5.74) is 18.5. The van der Waals surface area contributed by atoms with Gasteiger partial charge < -0.3 is 17.2 Å². The summed E-state index contributed by atoms with van der Waals surface area (Å²) in [4.78, 5) is 0. The molecule has 0 amide bonds. The van der Waals surface area contributed by atoms with E-state index in [2.05, 4.69) is 13.8 Å². The van der Waals surface area contributed by atoms with Gasteiger partial charge in [0, 0.05) is 18.1 Å². The standard InChI is InChI=1S/C21H43N3/c1-3-16(12-17-4-8-20(23)9-5-17)13-19(15(2)22)14-18-6-10-21(24)11-7-18/h15-21H,3-14,22-24H2,1-2H3. The third-order valence-corrected chi connectivity index (χ3v) is 7.04. The first-order valence-corrected chi connectivity index (χ1v) is 10.7. The molecule has 2 aliphatic rings. The summed E-state index contributed by atoms with van der Waals surface area (Å²) in [5, 5.41) is 0. The molecule has 24 heavy (non-hydrogen) atoms. The molecule has 0 saturated heterocycles. The molecular weight excluding hydrogens is 294 g/mol. The van der Waals surface area contributed by atoms with E-state index in [1.54, 1.807) is 0 Å². The maximum absolute atomic E-state index is 6.39. The first kappa shape index (κ1) is 20.2.